The van der Waals surface area contributed by atoms with E-state index in [0.717, 1.165) is 0 Å². The van der Waals surface area contributed by atoms with Gasteiger partial charge in [-0.2, -0.15) is 0 Å². The van der Waals surface area contributed by atoms with Crippen molar-refractivity contribution in [2.24, 2.45) is 5.92 Å². The molecule has 0 aliphatic heterocycles. The maximum atomic E-state index is 13.3. The van der Waals surface area contributed by atoms with Crippen LogP contribution in [0, 0.1) is 11.7 Å². The molecular formula is C10H12ClFN2O. The fraction of sp³-hybridized carbons (Fsp3) is 0.400. The van der Waals surface area contributed by atoms with Gasteiger partial charge in [-0.3, -0.25) is 4.79 Å². The Hall–Kier alpha value is -1.16. The Morgan fingerprint density at radius 1 is 1.67 bits per heavy atom. The molecular weight excluding hydrogens is 219 g/mol. The second kappa shape index (κ2) is 5.07. The summed E-state index contributed by atoms with van der Waals surface area (Å²) in [5.41, 5.74) is -0.0735. The van der Waals surface area contributed by atoms with Crippen LogP contribution in [0.4, 0.5) is 4.39 Å². The van der Waals surface area contributed by atoms with E-state index in [-0.39, 0.29) is 10.7 Å². The van der Waals surface area contributed by atoms with Gasteiger partial charge in [-0.25, -0.2) is 9.37 Å². The molecule has 1 N–H and O–H groups in total. The van der Waals surface area contributed by atoms with Crippen molar-refractivity contribution in [1.82, 2.24) is 10.3 Å². The minimum Gasteiger partial charge on any atom is -0.352 e. The van der Waals surface area contributed by atoms with Crippen LogP contribution in [-0.2, 0) is 0 Å². The summed E-state index contributed by atoms with van der Waals surface area (Å²) in [7, 11) is 0. The molecule has 0 bridgehead atoms. The zero-order valence-corrected chi connectivity index (χ0v) is 9.31. The molecule has 1 heterocycles. The molecule has 82 valence electrons. The van der Waals surface area contributed by atoms with Crippen LogP contribution in [0.25, 0.3) is 0 Å². The summed E-state index contributed by atoms with van der Waals surface area (Å²) in [6, 6.07) is 1.30. The zero-order chi connectivity index (χ0) is 11.4. The standard InChI is InChI=1S/C10H12ClFN2O/c1-6(2)5-14-10(15)7-3-4-13-9(11)8(7)12/h3-4,6H,5H2,1-2H3,(H,14,15). The van der Waals surface area contributed by atoms with Crippen LogP contribution >= 0.6 is 11.6 Å². The lowest BCUT2D eigenvalue weighted by Crippen LogP contribution is -2.28. The number of aromatic nitrogens is 1. The second-order valence-corrected chi connectivity index (χ2v) is 3.93. The van der Waals surface area contributed by atoms with Crippen molar-refractivity contribution >= 4 is 17.5 Å². The van der Waals surface area contributed by atoms with E-state index < -0.39 is 11.7 Å². The summed E-state index contributed by atoms with van der Waals surface area (Å²) in [6.07, 6.45) is 1.30. The molecule has 0 spiro atoms. The fourth-order valence-electron chi connectivity index (χ4n) is 0.986. The Kier molecular flexibility index (Phi) is 4.03. The van der Waals surface area contributed by atoms with Gasteiger partial charge < -0.3 is 5.32 Å². The second-order valence-electron chi connectivity index (χ2n) is 3.57. The van der Waals surface area contributed by atoms with Gasteiger partial charge in [0.05, 0.1) is 5.56 Å². The van der Waals surface area contributed by atoms with E-state index in [2.05, 4.69) is 10.3 Å². The number of rotatable bonds is 3. The molecule has 0 radical (unpaired) electrons. The fourth-order valence-corrected chi connectivity index (χ4v) is 1.14. The van der Waals surface area contributed by atoms with Gasteiger partial charge >= 0.3 is 0 Å². The minimum atomic E-state index is -0.777. The Morgan fingerprint density at radius 2 is 2.33 bits per heavy atom. The van der Waals surface area contributed by atoms with Crippen molar-refractivity contribution in [2.45, 2.75) is 13.8 Å². The summed E-state index contributed by atoms with van der Waals surface area (Å²) in [6.45, 7) is 4.41. The Labute approximate surface area is 92.7 Å². The third-order valence-corrected chi connectivity index (χ3v) is 2.03. The van der Waals surface area contributed by atoms with Crippen LogP contribution in [0.1, 0.15) is 24.2 Å². The molecule has 0 saturated carbocycles. The summed E-state index contributed by atoms with van der Waals surface area (Å²) < 4.78 is 13.3. The number of carbonyl (C=O) groups excluding carboxylic acids is 1. The average molecular weight is 231 g/mol. The first-order chi connectivity index (χ1) is 7.02. The number of nitrogens with zero attached hydrogens (tertiary/aromatic N) is 1. The third kappa shape index (κ3) is 3.16. The highest BCUT2D eigenvalue weighted by Gasteiger charge is 2.14. The van der Waals surface area contributed by atoms with E-state index in [1.807, 2.05) is 13.8 Å². The number of amides is 1. The van der Waals surface area contributed by atoms with Crippen molar-refractivity contribution in [3.05, 3.63) is 28.8 Å². The van der Waals surface area contributed by atoms with E-state index in [1.165, 1.54) is 12.3 Å². The minimum absolute atomic E-state index is 0.0735. The van der Waals surface area contributed by atoms with Gasteiger partial charge in [0.25, 0.3) is 5.91 Å². The van der Waals surface area contributed by atoms with Crippen LogP contribution in [0.3, 0.4) is 0 Å². The van der Waals surface area contributed by atoms with E-state index in [1.54, 1.807) is 0 Å². The Bertz CT molecular complexity index is 368. The highest BCUT2D eigenvalue weighted by Crippen LogP contribution is 2.14. The van der Waals surface area contributed by atoms with E-state index in [9.17, 15) is 9.18 Å². The first-order valence-corrected chi connectivity index (χ1v) is 4.98. The largest absolute Gasteiger partial charge is 0.352 e. The highest BCUT2D eigenvalue weighted by molar-refractivity contribution is 6.29. The lowest BCUT2D eigenvalue weighted by molar-refractivity contribution is 0.0945. The van der Waals surface area contributed by atoms with Gasteiger partial charge in [0.15, 0.2) is 11.0 Å². The number of halogens is 2. The Balaban J connectivity index is 2.78. The normalized spacial score (nSPS) is 10.5. The summed E-state index contributed by atoms with van der Waals surface area (Å²) in [5.74, 6) is -0.930. The smallest absolute Gasteiger partial charge is 0.254 e. The molecule has 1 rings (SSSR count). The van der Waals surface area contributed by atoms with Crippen LogP contribution in [0.5, 0.6) is 0 Å². The molecule has 3 nitrogen and oxygen atoms in total. The first kappa shape index (κ1) is 11.9. The monoisotopic (exact) mass is 230 g/mol. The van der Waals surface area contributed by atoms with Gasteiger partial charge in [-0.15, -0.1) is 0 Å². The maximum Gasteiger partial charge on any atom is 0.254 e. The molecule has 1 amide bonds. The van der Waals surface area contributed by atoms with E-state index >= 15 is 0 Å². The highest BCUT2D eigenvalue weighted by atomic mass is 35.5. The van der Waals surface area contributed by atoms with Gasteiger partial charge in [-0.05, 0) is 12.0 Å². The number of hydrogen-bond donors (Lipinski definition) is 1. The molecule has 0 fully saturated rings. The molecule has 5 heteroatoms. The molecule has 1 aromatic heterocycles. The van der Waals surface area contributed by atoms with E-state index in [4.69, 9.17) is 11.6 Å². The SMILES string of the molecule is CC(C)CNC(=O)c1ccnc(Cl)c1F. The Morgan fingerprint density at radius 3 is 2.93 bits per heavy atom. The van der Waals surface area contributed by atoms with E-state index in [0.29, 0.717) is 12.5 Å². The van der Waals surface area contributed by atoms with Crippen LogP contribution in [0.15, 0.2) is 12.3 Å². The molecule has 0 aromatic carbocycles. The number of pyridine rings is 1. The molecule has 15 heavy (non-hydrogen) atoms. The number of carbonyl (C=O) groups is 1. The van der Waals surface area contributed by atoms with Gasteiger partial charge in [-0.1, -0.05) is 25.4 Å². The average Bonchev–Trinajstić information content (AvgIpc) is 2.18. The molecule has 0 saturated heterocycles. The molecule has 0 aliphatic carbocycles. The molecule has 0 unspecified atom stereocenters. The topological polar surface area (TPSA) is 42.0 Å². The zero-order valence-electron chi connectivity index (χ0n) is 8.55. The van der Waals surface area contributed by atoms with Crippen molar-refractivity contribution in [3.8, 4) is 0 Å². The van der Waals surface area contributed by atoms with Gasteiger partial charge in [0.2, 0.25) is 0 Å². The maximum absolute atomic E-state index is 13.3. The van der Waals surface area contributed by atoms with Crippen LogP contribution in [-0.4, -0.2) is 17.4 Å². The first-order valence-electron chi connectivity index (χ1n) is 4.60. The van der Waals surface area contributed by atoms with Crippen molar-refractivity contribution in [3.63, 3.8) is 0 Å². The summed E-state index contributed by atoms with van der Waals surface area (Å²) >= 11 is 5.45. The van der Waals surface area contributed by atoms with Crippen molar-refractivity contribution < 1.29 is 9.18 Å². The lowest BCUT2D eigenvalue weighted by atomic mass is 10.2. The predicted molar refractivity (Wildman–Crippen MR) is 56.4 cm³/mol. The van der Waals surface area contributed by atoms with Crippen molar-refractivity contribution in [2.75, 3.05) is 6.54 Å². The predicted octanol–water partition coefficient (Wildman–Crippen LogP) is 2.26. The van der Waals surface area contributed by atoms with Gasteiger partial charge in [0, 0.05) is 12.7 Å². The summed E-state index contributed by atoms with van der Waals surface area (Å²) in [4.78, 5) is 15.0. The lowest BCUT2D eigenvalue weighted by Gasteiger charge is -2.08. The van der Waals surface area contributed by atoms with Gasteiger partial charge in [0.1, 0.15) is 0 Å². The van der Waals surface area contributed by atoms with Crippen LogP contribution in [0.2, 0.25) is 5.15 Å². The molecule has 1 aromatic rings. The number of nitrogens with one attached hydrogen (secondary N) is 1. The third-order valence-electron chi connectivity index (χ3n) is 1.76. The molecule has 0 atom stereocenters. The van der Waals surface area contributed by atoms with Crippen molar-refractivity contribution in [1.29, 1.82) is 0 Å². The molecule has 0 aliphatic rings. The quantitative estimate of drug-likeness (QED) is 0.810. The van der Waals surface area contributed by atoms with Crippen LogP contribution < -0.4 is 5.32 Å². The number of hydrogen-bond acceptors (Lipinski definition) is 2. The summed E-state index contributed by atoms with van der Waals surface area (Å²) in [5, 5.41) is 2.32.